The molecule has 0 heterocycles. The summed E-state index contributed by atoms with van der Waals surface area (Å²) in [6.07, 6.45) is 4.07. The minimum absolute atomic E-state index is 0.0429. The standard InChI is InChI=1S/C24H30N4O5/c1-32-19-11-12-20(21(15-19)33-2)28-24(31)26-14-13-25-22(29)17-7-9-18(10-8-17)27-23(30)16-5-3-4-6-16/h7-12,15-16H,3-6,13-14H2,1-2H3,(H,25,29)(H,27,30)(H2,26,28,31). The molecule has 4 amide bonds. The molecule has 1 aliphatic rings. The van der Waals surface area contributed by atoms with Crippen LogP contribution in [0.3, 0.4) is 0 Å². The van der Waals surface area contributed by atoms with Gasteiger partial charge >= 0.3 is 6.03 Å². The second-order valence-corrected chi connectivity index (χ2v) is 7.75. The predicted octanol–water partition coefficient (Wildman–Crippen LogP) is 3.38. The molecular formula is C24H30N4O5. The van der Waals surface area contributed by atoms with Crippen LogP contribution in [0.1, 0.15) is 36.0 Å². The molecule has 176 valence electrons. The lowest BCUT2D eigenvalue weighted by Gasteiger charge is -2.13. The Morgan fingerprint density at radius 3 is 2.24 bits per heavy atom. The largest absolute Gasteiger partial charge is 0.497 e. The van der Waals surface area contributed by atoms with Crippen LogP contribution in [-0.4, -0.2) is 45.2 Å². The summed E-state index contributed by atoms with van der Waals surface area (Å²) in [7, 11) is 3.05. The molecule has 2 aromatic rings. The Balaban J connectivity index is 1.39. The van der Waals surface area contributed by atoms with Crippen molar-refractivity contribution in [2.45, 2.75) is 25.7 Å². The molecule has 0 spiro atoms. The van der Waals surface area contributed by atoms with E-state index in [9.17, 15) is 14.4 Å². The number of nitrogens with one attached hydrogen (secondary N) is 4. The van der Waals surface area contributed by atoms with E-state index in [0.29, 0.717) is 28.4 Å². The van der Waals surface area contributed by atoms with Gasteiger partial charge in [0.05, 0.1) is 19.9 Å². The van der Waals surface area contributed by atoms with E-state index in [1.54, 1.807) is 49.6 Å². The number of hydrogen-bond donors (Lipinski definition) is 4. The van der Waals surface area contributed by atoms with E-state index in [0.717, 1.165) is 25.7 Å². The van der Waals surface area contributed by atoms with Gasteiger partial charge in [0, 0.05) is 36.3 Å². The molecule has 9 nitrogen and oxygen atoms in total. The number of methoxy groups -OCH3 is 2. The Morgan fingerprint density at radius 2 is 1.58 bits per heavy atom. The van der Waals surface area contributed by atoms with Crippen LogP contribution in [0.2, 0.25) is 0 Å². The summed E-state index contributed by atoms with van der Waals surface area (Å²) in [5.74, 6) is 0.956. The van der Waals surface area contributed by atoms with Gasteiger partial charge in [-0.25, -0.2) is 4.79 Å². The Kier molecular flexibility index (Phi) is 8.51. The third-order valence-corrected chi connectivity index (χ3v) is 5.49. The normalized spacial score (nSPS) is 13.2. The molecule has 1 aliphatic carbocycles. The molecule has 33 heavy (non-hydrogen) atoms. The van der Waals surface area contributed by atoms with E-state index in [2.05, 4.69) is 21.3 Å². The van der Waals surface area contributed by atoms with Gasteiger partial charge in [-0.1, -0.05) is 12.8 Å². The molecular weight excluding hydrogens is 424 g/mol. The summed E-state index contributed by atoms with van der Waals surface area (Å²) in [5.41, 5.74) is 1.65. The van der Waals surface area contributed by atoms with Gasteiger partial charge < -0.3 is 30.7 Å². The van der Waals surface area contributed by atoms with Crippen LogP contribution in [0.4, 0.5) is 16.2 Å². The SMILES string of the molecule is COc1ccc(NC(=O)NCCNC(=O)c2ccc(NC(=O)C3CCCC3)cc2)c(OC)c1. The maximum absolute atomic E-state index is 12.3. The van der Waals surface area contributed by atoms with Gasteiger partial charge in [-0.05, 0) is 49.2 Å². The fourth-order valence-electron chi connectivity index (χ4n) is 3.66. The van der Waals surface area contributed by atoms with E-state index < -0.39 is 6.03 Å². The van der Waals surface area contributed by atoms with Crippen LogP contribution in [0.25, 0.3) is 0 Å². The lowest BCUT2D eigenvalue weighted by atomic mass is 10.1. The zero-order valence-corrected chi connectivity index (χ0v) is 18.9. The van der Waals surface area contributed by atoms with E-state index in [1.807, 2.05) is 0 Å². The lowest BCUT2D eigenvalue weighted by molar-refractivity contribution is -0.119. The zero-order valence-electron chi connectivity index (χ0n) is 18.9. The smallest absolute Gasteiger partial charge is 0.319 e. The Labute approximate surface area is 193 Å². The minimum atomic E-state index is -0.421. The highest BCUT2D eigenvalue weighted by atomic mass is 16.5. The first-order valence-electron chi connectivity index (χ1n) is 11.0. The van der Waals surface area contributed by atoms with Crippen molar-refractivity contribution in [1.82, 2.24) is 10.6 Å². The van der Waals surface area contributed by atoms with Crippen LogP contribution in [0, 0.1) is 5.92 Å². The van der Waals surface area contributed by atoms with Gasteiger partial charge in [0.1, 0.15) is 11.5 Å². The topological polar surface area (TPSA) is 118 Å². The molecule has 4 N–H and O–H groups in total. The Bertz CT molecular complexity index is 971. The predicted molar refractivity (Wildman–Crippen MR) is 126 cm³/mol. The van der Waals surface area contributed by atoms with Crippen LogP contribution in [-0.2, 0) is 4.79 Å². The van der Waals surface area contributed by atoms with Crippen molar-refractivity contribution in [3.63, 3.8) is 0 Å². The maximum atomic E-state index is 12.3. The molecule has 3 rings (SSSR count). The Morgan fingerprint density at radius 1 is 0.879 bits per heavy atom. The van der Waals surface area contributed by atoms with E-state index in [-0.39, 0.29) is 30.8 Å². The molecule has 2 aromatic carbocycles. The summed E-state index contributed by atoms with van der Waals surface area (Å²) < 4.78 is 10.4. The monoisotopic (exact) mass is 454 g/mol. The number of anilines is 2. The van der Waals surface area contributed by atoms with Gasteiger partial charge in [-0.15, -0.1) is 0 Å². The van der Waals surface area contributed by atoms with Crippen molar-refractivity contribution in [3.8, 4) is 11.5 Å². The number of benzene rings is 2. The van der Waals surface area contributed by atoms with Crippen LogP contribution in [0.15, 0.2) is 42.5 Å². The Hall–Kier alpha value is -3.75. The summed E-state index contributed by atoms with van der Waals surface area (Å²) in [5, 5.41) is 11.0. The van der Waals surface area contributed by atoms with Crippen LogP contribution < -0.4 is 30.7 Å². The third-order valence-electron chi connectivity index (χ3n) is 5.49. The molecule has 0 aromatic heterocycles. The van der Waals surface area contributed by atoms with E-state index >= 15 is 0 Å². The molecule has 9 heteroatoms. The van der Waals surface area contributed by atoms with Crippen molar-refractivity contribution < 1.29 is 23.9 Å². The molecule has 1 fully saturated rings. The number of carbonyl (C=O) groups excluding carboxylic acids is 3. The van der Waals surface area contributed by atoms with Gasteiger partial charge in [0.2, 0.25) is 5.91 Å². The first kappa shape index (κ1) is 23.9. The van der Waals surface area contributed by atoms with Gasteiger partial charge in [-0.3, -0.25) is 9.59 Å². The highest BCUT2D eigenvalue weighted by Gasteiger charge is 2.22. The van der Waals surface area contributed by atoms with Gasteiger partial charge in [0.25, 0.3) is 5.91 Å². The van der Waals surface area contributed by atoms with Crippen LogP contribution >= 0.6 is 0 Å². The molecule has 1 saturated carbocycles. The van der Waals surface area contributed by atoms with Crippen molar-refractivity contribution in [3.05, 3.63) is 48.0 Å². The fourth-order valence-corrected chi connectivity index (χ4v) is 3.66. The van der Waals surface area contributed by atoms with Crippen molar-refractivity contribution >= 4 is 29.2 Å². The molecule has 0 aliphatic heterocycles. The highest BCUT2D eigenvalue weighted by molar-refractivity contribution is 5.96. The highest BCUT2D eigenvalue weighted by Crippen LogP contribution is 2.29. The minimum Gasteiger partial charge on any atom is -0.497 e. The maximum Gasteiger partial charge on any atom is 0.319 e. The first-order valence-corrected chi connectivity index (χ1v) is 11.0. The van der Waals surface area contributed by atoms with Gasteiger partial charge in [-0.2, -0.15) is 0 Å². The first-order chi connectivity index (χ1) is 16.0. The van der Waals surface area contributed by atoms with Gasteiger partial charge in [0.15, 0.2) is 0 Å². The van der Waals surface area contributed by atoms with E-state index in [1.165, 1.54) is 7.11 Å². The average molecular weight is 455 g/mol. The number of carbonyl (C=O) groups is 3. The number of amides is 4. The molecule has 0 atom stereocenters. The lowest BCUT2D eigenvalue weighted by Crippen LogP contribution is -2.36. The van der Waals surface area contributed by atoms with Crippen molar-refractivity contribution in [2.24, 2.45) is 5.92 Å². The third kappa shape index (κ3) is 6.86. The van der Waals surface area contributed by atoms with Crippen molar-refractivity contribution in [1.29, 1.82) is 0 Å². The van der Waals surface area contributed by atoms with Crippen LogP contribution in [0.5, 0.6) is 11.5 Å². The summed E-state index contributed by atoms with van der Waals surface area (Å²) in [6, 6.07) is 11.4. The summed E-state index contributed by atoms with van der Waals surface area (Å²) >= 11 is 0. The summed E-state index contributed by atoms with van der Waals surface area (Å²) in [4.78, 5) is 36.6. The number of rotatable bonds is 9. The number of urea groups is 1. The zero-order chi connectivity index (χ0) is 23.6. The van der Waals surface area contributed by atoms with Crippen molar-refractivity contribution in [2.75, 3.05) is 37.9 Å². The second-order valence-electron chi connectivity index (χ2n) is 7.75. The number of hydrogen-bond acceptors (Lipinski definition) is 5. The molecule has 0 bridgehead atoms. The molecule has 0 saturated heterocycles. The average Bonchev–Trinajstić information content (AvgIpc) is 3.38. The molecule has 0 unspecified atom stereocenters. The summed E-state index contributed by atoms with van der Waals surface area (Å²) in [6.45, 7) is 0.498. The molecule has 0 radical (unpaired) electrons. The van der Waals surface area contributed by atoms with E-state index in [4.69, 9.17) is 9.47 Å². The number of ether oxygens (including phenoxy) is 2. The second kappa shape index (κ2) is 11.8. The quantitative estimate of drug-likeness (QED) is 0.433. The fraction of sp³-hybridized carbons (Fsp3) is 0.375.